The molecule has 0 saturated carbocycles. The van der Waals surface area contributed by atoms with Gasteiger partial charge in [-0.2, -0.15) is 15.0 Å². The highest BCUT2D eigenvalue weighted by molar-refractivity contribution is 7.89. The van der Waals surface area contributed by atoms with Crippen LogP contribution in [0.25, 0.3) is 0 Å². The van der Waals surface area contributed by atoms with E-state index >= 15 is 0 Å². The first-order valence-electron chi connectivity index (χ1n) is 8.19. The van der Waals surface area contributed by atoms with Crippen LogP contribution >= 0.6 is 11.6 Å². The van der Waals surface area contributed by atoms with Crippen LogP contribution < -0.4 is 14.4 Å². The van der Waals surface area contributed by atoms with Crippen molar-refractivity contribution < 1.29 is 13.2 Å². The van der Waals surface area contributed by atoms with Gasteiger partial charge in [-0.1, -0.05) is 17.7 Å². The molecular weight excluding hydrogens is 378 g/mol. The number of benzene rings is 1. The number of rotatable bonds is 6. The number of hydrogen-bond acceptors (Lipinski definition) is 7. The van der Waals surface area contributed by atoms with Crippen molar-refractivity contribution in [3.05, 3.63) is 34.6 Å². The van der Waals surface area contributed by atoms with E-state index in [-0.39, 0.29) is 17.5 Å². The summed E-state index contributed by atoms with van der Waals surface area (Å²) in [5.74, 6) is 0.794. The summed E-state index contributed by atoms with van der Waals surface area (Å²) >= 11 is 6.02. The fourth-order valence-corrected chi connectivity index (χ4v) is 3.85. The van der Waals surface area contributed by atoms with Crippen molar-refractivity contribution in [3.63, 3.8) is 0 Å². The highest BCUT2D eigenvalue weighted by Crippen LogP contribution is 2.21. The summed E-state index contributed by atoms with van der Waals surface area (Å²) < 4.78 is 32.6. The van der Waals surface area contributed by atoms with Crippen LogP contribution in [0.4, 0.5) is 5.95 Å². The number of halogens is 1. The van der Waals surface area contributed by atoms with Crippen molar-refractivity contribution in [2.75, 3.05) is 25.1 Å². The Balaban J connectivity index is 1.79. The van der Waals surface area contributed by atoms with Gasteiger partial charge >= 0.3 is 6.01 Å². The fourth-order valence-electron chi connectivity index (χ4n) is 2.60. The lowest BCUT2D eigenvalue weighted by Crippen LogP contribution is -2.26. The molecule has 0 amide bonds. The minimum Gasteiger partial charge on any atom is -0.467 e. The summed E-state index contributed by atoms with van der Waals surface area (Å²) in [7, 11) is -2.27. The number of sulfonamides is 1. The van der Waals surface area contributed by atoms with E-state index in [1.165, 1.54) is 19.2 Å². The Morgan fingerprint density at radius 1 is 1.23 bits per heavy atom. The maximum atomic E-state index is 12.5. The number of anilines is 1. The molecule has 1 aliphatic rings. The van der Waals surface area contributed by atoms with Crippen LogP contribution in [-0.4, -0.2) is 43.6 Å². The molecule has 10 heteroatoms. The third kappa shape index (κ3) is 4.22. The standard InChI is InChI=1S/C16H20ClN5O3S/c1-11-5-6-12(9-13(11)17)26(23,24)18-10-14-19-15(21-16(20-14)25-2)22-7-3-4-8-22/h5-6,9,18H,3-4,7-8,10H2,1-2H3. The van der Waals surface area contributed by atoms with Gasteiger partial charge < -0.3 is 9.64 Å². The number of ether oxygens (including phenoxy) is 1. The van der Waals surface area contributed by atoms with E-state index in [0.29, 0.717) is 16.8 Å². The van der Waals surface area contributed by atoms with Gasteiger partial charge in [-0.25, -0.2) is 13.1 Å². The molecule has 0 aliphatic carbocycles. The first kappa shape index (κ1) is 18.8. The number of nitrogens with one attached hydrogen (secondary N) is 1. The predicted molar refractivity (Wildman–Crippen MR) is 98.0 cm³/mol. The van der Waals surface area contributed by atoms with Crippen molar-refractivity contribution in [3.8, 4) is 6.01 Å². The number of hydrogen-bond donors (Lipinski definition) is 1. The van der Waals surface area contributed by atoms with Gasteiger partial charge in [0, 0.05) is 18.1 Å². The van der Waals surface area contributed by atoms with E-state index in [9.17, 15) is 8.42 Å². The Labute approximate surface area is 157 Å². The monoisotopic (exact) mass is 397 g/mol. The molecule has 0 atom stereocenters. The van der Waals surface area contributed by atoms with Crippen molar-refractivity contribution >= 4 is 27.6 Å². The summed E-state index contributed by atoms with van der Waals surface area (Å²) in [6.07, 6.45) is 2.15. The van der Waals surface area contributed by atoms with Gasteiger partial charge in [0.05, 0.1) is 18.6 Å². The van der Waals surface area contributed by atoms with Gasteiger partial charge in [-0.05, 0) is 37.5 Å². The van der Waals surface area contributed by atoms with Gasteiger partial charge in [0.25, 0.3) is 0 Å². The molecule has 3 rings (SSSR count). The van der Waals surface area contributed by atoms with E-state index in [2.05, 4.69) is 19.7 Å². The lowest BCUT2D eigenvalue weighted by Gasteiger charge is -2.16. The molecule has 2 heterocycles. The Hall–Kier alpha value is -1.97. The molecule has 1 saturated heterocycles. The summed E-state index contributed by atoms with van der Waals surface area (Å²) in [5.41, 5.74) is 0.808. The maximum absolute atomic E-state index is 12.5. The highest BCUT2D eigenvalue weighted by atomic mass is 35.5. The third-order valence-electron chi connectivity index (χ3n) is 4.09. The van der Waals surface area contributed by atoms with Gasteiger partial charge in [-0.3, -0.25) is 0 Å². The Bertz CT molecular complexity index is 901. The van der Waals surface area contributed by atoms with E-state index in [1.807, 2.05) is 11.8 Å². The summed E-state index contributed by atoms with van der Waals surface area (Å²) in [6.45, 7) is 3.46. The van der Waals surface area contributed by atoms with E-state index in [0.717, 1.165) is 31.5 Å². The summed E-state index contributed by atoms with van der Waals surface area (Å²) in [5, 5.41) is 0.394. The Morgan fingerprint density at radius 2 is 1.96 bits per heavy atom. The van der Waals surface area contributed by atoms with Crippen LogP contribution in [0, 0.1) is 6.92 Å². The van der Waals surface area contributed by atoms with Crippen LogP contribution in [0.2, 0.25) is 5.02 Å². The van der Waals surface area contributed by atoms with Gasteiger partial charge in [0.15, 0.2) is 5.82 Å². The molecular formula is C16H20ClN5O3S. The van der Waals surface area contributed by atoms with Crippen LogP contribution in [0.5, 0.6) is 6.01 Å². The van der Waals surface area contributed by atoms with Crippen LogP contribution in [-0.2, 0) is 16.6 Å². The molecule has 1 fully saturated rings. The second-order valence-corrected chi connectivity index (χ2v) is 8.14. The maximum Gasteiger partial charge on any atom is 0.321 e. The zero-order chi connectivity index (χ0) is 18.7. The molecule has 140 valence electrons. The van der Waals surface area contributed by atoms with Crippen LogP contribution in [0.3, 0.4) is 0 Å². The number of aromatic nitrogens is 3. The molecule has 8 nitrogen and oxygen atoms in total. The number of aryl methyl sites for hydroxylation is 1. The SMILES string of the molecule is COc1nc(CNS(=O)(=O)c2ccc(C)c(Cl)c2)nc(N2CCCC2)n1. The van der Waals surface area contributed by atoms with Crippen molar-refractivity contribution in [1.82, 2.24) is 19.7 Å². The molecule has 0 bridgehead atoms. The smallest absolute Gasteiger partial charge is 0.321 e. The van der Waals surface area contributed by atoms with Crippen molar-refractivity contribution in [2.24, 2.45) is 0 Å². The highest BCUT2D eigenvalue weighted by Gasteiger charge is 2.20. The molecule has 1 aromatic carbocycles. The molecule has 26 heavy (non-hydrogen) atoms. The molecule has 0 radical (unpaired) electrons. The predicted octanol–water partition coefficient (Wildman–Crippen LogP) is 1.92. The lowest BCUT2D eigenvalue weighted by molar-refractivity contribution is 0.375. The number of methoxy groups -OCH3 is 1. The number of nitrogens with zero attached hydrogens (tertiary/aromatic N) is 4. The van der Waals surface area contributed by atoms with E-state index < -0.39 is 10.0 Å². The average Bonchev–Trinajstić information content (AvgIpc) is 3.17. The third-order valence-corrected chi connectivity index (χ3v) is 5.90. The van der Waals surface area contributed by atoms with Crippen molar-refractivity contribution in [1.29, 1.82) is 0 Å². The summed E-state index contributed by atoms with van der Waals surface area (Å²) in [4.78, 5) is 14.9. The van der Waals surface area contributed by atoms with Crippen molar-refractivity contribution in [2.45, 2.75) is 31.2 Å². The zero-order valence-electron chi connectivity index (χ0n) is 14.6. The minimum atomic E-state index is -3.74. The first-order valence-corrected chi connectivity index (χ1v) is 10.0. The molecule has 1 aliphatic heterocycles. The first-order chi connectivity index (χ1) is 12.4. The Kier molecular flexibility index (Phi) is 5.59. The second kappa shape index (κ2) is 7.73. The topological polar surface area (TPSA) is 97.3 Å². The molecule has 0 unspecified atom stereocenters. The normalized spacial score (nSPS) is 14.7. The molecule has 2 aromatic rings. The second-order valence-electron chi connectivity index (χ2n) is 5.97. The van der Waals surface area contributed by atoms with Gasteiger partial charge in [0.2, 0.25) is 16.0 Å². The molecule has 0 spiro atoms. The lowest BCUT2D eigenvalue weighted by atomic mass is 10.2. The van der Waals surface area contributed by atoms with E-state index in [1.54, 1.807) is 6.07 Å². The Morgan fingerprint density at radius 3 is 2.62 bits per heavy atom. The molecule has 1 N–H and O–H groups in total. The fraction of sp³-hybridized carbons (Fsp3) is 0.438. The van der Waals surface area contributed by atoms with Crippen LogP contribution in [0.1, 0.15) is 24.2 Å². The van der Waals surface area contributed by atoms with Gasteiger partial charge in [-0.15, -0.1) is 0 Å². The van der Waals surface area contributed by atoms with Crippen LogP contribution in [0.15, 0.2) is 23.1 Å². The quantitative estimate of drug-likeness (QED) is 0.795. The average molecular weight is 398 g/mol. The summed E-state index contributed by atoms with van der Waals surface area (Å²) in [6, 6.07) is 4.75. The van der Waals surface area contributed by atoms with E-state index in [4.69, 9.17) is 16.3 Å². The minimum absolute atomic E-state index is 0.0758. The van der Waals surface area contributed by atoms with Gasteiger partial charge in [0.1, 0.15) is 0 Å². The molecule has 1 aromatic heterocycles. The zero-order valence-corrected chi connectivity index (χ0v) is 16.1. The largest absolute Gasteiger partial charge is 0.467 e.